The van der Waals surface area contributed by atoms with E-state index in [-0.39, 0.29) is 5.69 Å². The number of anilines is 1. The average molecular weight is 551 g/mol. The van der Waals surface area contributed by atoms with Crippen molar-refractivity contribution in [1.82, 2.24) is 24.5 Å². The van der Waals surface area contributed by atoms with Gasteiger partial charge in [0.05, 0.1) is 41.1 Å². The molecule has 1 saturated heterocycles. The number of morpholine rings is 1. The Labute approximate surface area is 219 Å². The van der Waals surface area contributed by atoms with Crippen molar-refractivity contribution < 1.29 is 31.1 Å². The summed E-state index contributed by atoms with van der Waals surface area (Å²) in [4.78, 5) is 11.1. The van der Waals surface area contributed by atoms with Crippen molar-refractivity contribution in [3.63, 3.8) is 0 Å². The number of nitrogens with one attached hydrogen (secondary N) is 1. The predicted octanol–water partition coefficient (Wildman–Crippen LogP) is 5.63. The van der Waals surface area contributed by atoms with Crippen LogP contribution in [0.3, 0.4) is 0 Å². The Morgan fingerprint density at radius 1 is 0.872 bits per heavy atom. The highest BCUT2D eigenvalue weighted by molar-refractivity contribution is 5.91. The Morgan fingerprint density at radius 3 is 2.26 bits per heavy atom. The number of fused-ring (bicyclic) bond motifs is 1. The summed E-state index contributed by atoms with van der Waals surface area (Å²) < 4.78 is 85.8. The van der Waals surface area contributed by atoms with Gasteiger partial charge in [-0.2, -0.15) is 31.4 Å². The number of benzene rings is 1. The number of halogens is 6. The number of rotatable bonds is 7. The summed E-state index contributed by atoms with van der Waals surface area (Å²) in [6.07, 6.45) is -5.94. The molecule has 4 heterocycles. The van der Waals surface area contributed by atoms with Gasteiger partial charge in [0, 0.05) is 37.6 Å². The van der Waals surface area contributed by atoms with Gasteiger partial charge in [-0.3, -0.25) is 4.90 Å². The maximum absolute atomic E-state index is 13.4. The number of aromatic nitrogens is 4. The second-order valence-electron chi connectivity index (χ2n) is 9.04. The average Bonchev–Trinajstić information content (AvgIpc) is 3.30. The van der Waals surface area contributed by atoms with Gasteiger partial charge >= 0.3 is 12.4 Å². The van der Waals surface area contributed by atoms with Gasteiger partial charge in [-0.1, -0.05) is 12.1 Å². The molecule has 0 radical (unpaired) electrons. The van der Waals surface area contributed by atoms with Crippen LogP contribution < -0.4 is 5.32 Å². The second kappa shape index (κ2) is 10.8. The second-order valence-corrected chi connectivity index (χ2v) is 9.04. The molecule has 1 aliphatic heterocycles. The third-order valence-corrected chi connectivity index (χ3v) is 6.39. The number of hydrogen-bond acceptors (Lipinski definition) is 6. The van der Waals surface area contributed by atoms with E-state index in [1.807, 2.05) is 0 Å². The number of hydrogen-bond donors (Lipinski definition) is 1. The zero-order valence-electron chi connectivity index (χ0n) is 20.6. The highest BCUT2D eigenvalue weighted by atomic mass is 19.4. The molecule has 0 spiro atoms. The number of ether oxygens (including phenoxy) is 1. The summed E-state index contributed by atoms with van der Waals surface area (Å²) in [5.41, 5.74) is -0.203. The van der Waals surface area contributed by atoms with E-state index in [4.69, 9.17) is 4.74 Å². The molecular formula is C26H24F6N6O. The highest BCUT2D eigenvalue weighted by Gasteiger charge is 2.32. The molecule has 39 heavy (non-hydrogen) atoms. The van der Waals surface area contributed by atoms with Crippen LogP contribution in [0.5, 0.6) is 0 Å². The van der Waals surface area contributed by atoms with Gasteiger partial charge in [0.2, 0.25) is 5.95 Å². The van der Waals surface area contributed by atoms with E-state index in [2.05, 4.69) is 25.3 Å². The summed E-state index contributed by atoms with van der Waals surface area (Å²) in [6.45, 7) is 4.65. The molecule has 0 amide bonds. The van der Waals surface area contributed by atoms with Gasteiger partial charge in [-0.25, -0.2) is 14.5 Å². The van der Waals surface area contributed by atoms with E-state index in [0.717, 1.165) is 55.0 Å². The first-order valence-corrected chi connectivity index (χ1v) is 12.2. The summed E-state index contributed by atoms with van der Waals surface area (Å²) in [7, 11) is 0. The molecule has 0 saturated carbocycles. The lowest BCUT2D eigenvalue weighted by Crippen LogP contribution is -2.37. The molecule has 1 aliphatic rings. The molecule has 0 atom stereocenters. The topological polar surface area (TPSA) is 67.6 Å². The largest absolute Gasteiger partial charge is 0.417 e. The van der Waals surface area contributed by atoms with Crippen molar-refractivity contribution in [2.75, 3.05) is 44.7 Å². The Kier molecular flexibility index (Phi) is 7.45. The first kappa shape index (κ1) is 26.9. The quantitative estimate of drug-likeness (QED) is 0.238. The molecular weight excluding hydrogens is 526 g/mol. The molecule has 0 bridgehead atoms. The first-order chi connectivity index (χ1) is 18.6. The fraction of sp³-hybridized carbons (Fsp3) is 0.346. The Hall–Kier alpha value is -3.71. The van der Waals surface area contributed by atoms with E-state index in [9.17, 15) is 26.3 Å². The van der Waals surface area contributed by atoms with Crippen molar-refractivity contribution in [3.8, 4) is 22.5 Å². The molecule has 4 aromatic rings. The first-order valence-electron chi connectivity index (χ1n) is 12.2. The van der Waals surface area contributed by atoms with E-state index in [0.29, 0.717) is 48.0 Å². The molecule has 0 unspecified atom stereocenters. The predicted molar refractivity (Wildman–Crippen MR) is 132 cm³/mol. The highest BCUT2D eigenvalue weighted by Crippen LogP contribution is 2.38. The van der Waals surface area contributed by atoms with Crippen molar-refractivity contribution >= 4 is 11.5 Å². The minimum Gasteiger partial charge on any atom is -0.379 e. The van der Waals surface area contributed by atoms with Crippen molar-refractivity contribution in [2.24, 2.45) is 0 Å². The van der Waals surface area contributed by atoms with Gasteiger partial charge in [-0.15, -0.1) is 0 Å². The van der Waals surface area contributed by atoms with Gasteiger partial charge in [0.15, 0.2) is 0 Å². The van der Waals surface area contributed by atoms with E-state index < -0.39 is 23.5 Å². The fourth-order valence-electron chi connectivity index (χ4n) is 4.40. The summed E-state index contributed by atoms with van der Waals surface area (Å²) in [5, 5.41) is 7.49. The van der Waals surface area contributed by atoms with Crippen LogP contribution in [0.4, 0.5) is 32.3 Å². The monoisotopic (exact) mass is 550 g/mol. The molecule has 3 aromatic heterocycles. The van der Waals surface area contributed by atoms with Gasteiger partial charge in [0.1, 0.15) is 5.69 Å². The van der Waals surface area contributed by atoms with Crippen LogP contribution in [0.15, 0.2) is 54.9 Å². The Bertz CT molecular complexity index is 1430. The van der Waals surface area contributed by atoms with E-state index in [1.165, 1.54) is 24.4 Å². The Balaban J connectivity index is 1.47. The zero-order chi connectivity index (χ0) is 27.6. The zero-order valence-corrected chi connectivity index (χ0v) is 20.6. The maximum Gasteiger partial charge on any atom is 0.417 e. The molecule has 1 N–H and O–H groups in total. The van der Waals surface area contributed by atoms with Gasteiger partial charge in [0.25, 0.3) is 0 Å². The third kappa shape index (κ3) is 6.14. The number of pyridine rings is 1. The van der Waals surface area contributed by atoms with Crippen LogP contribution in [-0.2, 0) is 17.1 Å². The van der Waals surface area contributed by atoms with Gasteiger partial charge < -0.3 is 10.1 Å². The molecule has 5 rings (SSSR count). The number of nitrogens with zero attached hydrogens (tertiary/aromatic N) is 5. The molecule has 0 aliphatic carbocycles. The summed E-state index contributed by atoms with van der Waals surface area (Å²) in [5.74, 6) is 0.319. The molecule has 1 fully saturated rings. The smallest absolute Gasteiger partial charge is 0.379 e. The van der Waals surface area contributed by atoms with E-state index in [1.54, 1.807) is 6.07 Å². The van der Waals surface area contributed by atoms with Crippen LogP contribution >= 0.6 is 0 Å². The van der Waals surface area contributed by atoms with Crippen LogP contribution in [-0.4, -0.2) is 63.9 Å². The van der Waals surface area contributed by atoms with Crippen LogP contribution in [0.25, 0.3) is 28.0 Å². The summed E-state index contributed by atoms with van der Waals surface area (Å²) in [6, 6.07) is 8.09. The maximum atomic E-state index is 13.4. The lowest BCUT2D eigenvalue weighted by Gasteiger charge is -2.26. The SMILES string of the molecule is FC(F)(F)c1ccc(-c2nn3cc(C(F)(F)F)ccc3c2-c2ccnc(NCCCN3CCOCC3)n2)cc1. The molecule has 13 heteroatoms. The lowest BCUT2D eigenvalue weighted by atomic mass is 10.0. The van der Waals surface area contributed by atoms with Crippen LogP contribution in [0.2, 0.25) is 0 Å². The van der Waals surface area contributed by atoms with E-state index >= 15 is 0 Å². The van der Waals surface area contributed by atoms with Crippen LogP contribution in [0, 0.1) is 0 Å². The van der Waals surface area contributed by atoms with Crippen molar-refractivity contribution in [3.05, 3.63) is 66.0 Å². The standard InChI is InChI=1S/C26H24F6N6O/c27-25(28,29)18-4-2-17(3-5-18)23-22(21-7-6-19(26(30,31)32)16-38(21)36-23)20-8-10-34-24(35-20)33-9-1-11-37-12-14-39-15-13-37/h2-8,10,16H,1,9,11-15H2,(H,33,34,35). The fourth-order valence-corrected chi connectivity index (χ4v) is 4.40. The number of alkyl halides is 6. The molecule has 1 aromatic carbocycles. The van der Waals surface area contributed by atoms with Crippen molar-refractivity contribution in [1.29, 1.82) is 0 Å². The Morgan fingerprint density at radius 2 is 1.56 bits per heavy atom. The minimum absolute atomic E-state index is 0.194. The van der Waals surface area contributed by atoms with Crippen LogP contribution in [0.1, 0.15) is 17.5 Å². The molecule has 206 valence electrons. The van der Waals surface area contributed by atoms with Gasteiger partial charge in [-0.05, 0) is 43.3 Å². The lowest BCUT2D eigenvalue weighted by molar-refractivity contribution is -0.138. The third-order valence-electron chi connectivity index (χ3n) is 6.39. The normalized spacial score (nSPS) is 15.1. The summed E-state index contributed by atoms with van der Waals surface area (Å²) >= 11 is 0. The minimum atomic E-state index is -4.60. The van der Waals surface area contributed by atoms with Crippen molar-refractivity contribution in [2.45, 2.75) is 18.8 Å². The molecule has 7 nitrogen and oxygen atoms in total.